The van der Waals surface area contributed by atoms with Crippen LogP contribution in [0.25, 0.3) is 11.0 Å². The minimum Gasteiger partial charge on any atom is -0.342 e. The van der Waals surface area contributed by atoms with Crippen LogP contribution in [0.2, 0.25) is 0 Å². The van der Waals surface area contributed by atoms with E-state index < -0.39 is 0 Å². The van der Waals surface area contributed by atoms with Crippen molar-refractivity contribution < 1.29 is 4.79 Å². The number of imidazole rings is 1. The highest BCUT2D eigenvalue weighted by molar-refractivity contribution is 7.11. The van der Waals surface area contributed by atoms with E-state index in [4.69, 9.17) is 4.98 Å². The monoisotopic (exact) mass is 326 g/mol. The molecular weight excluding hydrogens is 308 g/mol. The van der Waals surface area contributed by atoms with Crippen LogP contribution >= 0.6 is 11.3 Å². The van der Waals surface area contributed by atoms with Gasteiger partial charge in [-0.15, -0.1) is 11.3 Å². The zero-order valence-corrected chi connectivity index (χ0v) is 13.8. The van der Waals surface area contributed by atoms with Crippen molar-refractivity contribution in [3.8, 4) is 0 Å². The predicted molar refractivity (Wildman–Crippen MR) is 90.8 cm³/mol. The Hall–Kier alpha value is -2.21. The summed E-state index contributed by atoms with van der Waals surface area (Å²) in [6.45, 7) is 3.42. The van der Waals surface area contributed by atoms with Crippen molar-refractivity contribution in [1.29, 1.82) is 0 Å². The molecule has 23 heavy (non-hydrogen) atoms. The first kappa shape index (κ1) is 14.4. The van der Waals surface area contributed by atoms with Gasteiger partial charge < -0.3 is 9.88 Å². The van der Waals surface area contributed by atoms with Gasteiger partial charge in [-0.1, -0.05) is 12.1 Å². The minimum absolute atomic E-state index is 0.103. The van der Waals surface area contributed by atoms with E-state index in [1.807, 2.05) is 36.1 Å². The second kappa shape index (κ2) is 5.77. The van der Waals surface area contributed by atoms with Gasteiger partial charge in [0.25, 0.3) is 5.91 Å². The number of nitrogens with zero attached hydrogens (tertiary/aromatic N) is 3. The number of amides is 1. The van der Waals surface area contributed by atoms with Crippen molar-refractivity contribution in [3.05, 3.63) is 46.2 Å². The molecule has 1 aliphatic heterocycles. The summed E-state index contributed by atoms with van der Waals surface area (Å²) in [4.78, 5) is 27.7. The maximum absolute atomic E-state index is 12.7. The van der Waals surface area contributed by atoms with Crippen molar-refractivity contribution >= 4 is 28.3 Å². The molecule has 0 spiro atoms. The number of carbonyl (C=O) groups is 1. The average Bonchev–Trinajstić information content (AvgIpc) is 3.20. The first-order chi connectivity index (χ1) is 11.2. The predicted octanol–water partition coefficient (Wildman–Crippen LogP) is 3.35. The summed E-state index contributed by atoms with van der Waals surface area (Å²) in [5, 5.41) is 0. The summed E-state index contributed by atoms with van der Waals surface area (Å²) in [5.41, 5.74) is 4.61. The number of H-pyrrole nitrogens is 1. The smallest absolute Gasteiger partial charge is 0.265 e. The Kier molecular flexibility index (Phi) is 3.61. The maximum atomic E-state index is 12.7. The molecule has 2 aromatic heterocycles. The highest BCUT2D eigenvalue weighted by Crippen LogP contribution is 2.28. The van der Waals surface area contributed by atoms with Crippen LogP contribution in [-0.4, -0.2) is 38.8 Å². The number of thiazole rings is 1. The Bertz CT molecular complexity index is 820. The van der Waals surface area contributed by atoms with Gasteiger partial charge in [0.05, 0.1) is 22.2 Å². The van der Waals surface area contributed by atoms with Crippen LogP contribution in [0.1, 0.15) is 39.9 Å². The topological polar surface area (TPSA) is 61.9 Å². The van der Waals surface area contributed by atoms with E-state index in [0.717, 1.165) is 53.4 Å². The van der Waals surface area contributed by atoms with E-state index in [1.165, 1.54) is 11.3 Å². The summed E-state index contributed by atoms with van der Waals surface area (Å²) in [5.74, 6) is 1.36. The van der Waals surface area contributed by atoms with Crippen LogP contribution in [0.4, 0.5) is 0 Å². The van der Waals surface area contributed by atoms with Gasteiger partial charge in [-0.2, -0.15) is 0 Å². The Labute approximate surface area is 138 Å². The number of likely N-dealkylation sites (tertiary alicyclic amines) is 1. The van der Waals surface area contributed by atoms with Crippen LogP contribution in [0.5, 0.6) is 0 Å². The lowest BCUT2D eigenvalue weighted by Gasteiger charge is -2.31. The number of para-hydroxylation sites is 2. The number of fused-ring (bicyclic) bond motifs is 1. The van der Waals surface area contributed by atoms with E-state index in [-0.39, 0.29) is 11.8 Å². The van der Waals surface area contributed by atoms with Gasteiger partial charge >= 0.3 is 0 Å². The molecule has 1 amide bonds. The minimum atomic E-state index is 0.103. The van der Waals surface area contributed by atoms with E-state index in [1.54, 1.807) is 5.51 Å². The second-order valence-corrected chi connectivity index (χ2v) is 6.85. The summed E-state index contributed by atoms with van der Waals surface area (Å²) in [6.07, 6.45) is 2.07. The van der Waals surface area contributed by atoms with Crippen LogP contribution in [-0.2, 0) is 0 Å². The van der Waals surface area contributed by atoms with Crippen molar-refractivity contribution in [1.82, 2.24) is 19.9 Å². The van der Waals surface area contributed by atoms with Crippen LogP contribution in [0.15, 0.2) is 29.8 Å². The molecule has 1 saturated heterocycles. The zero-order valence-electron chi connectivity index (χ0n) is 13.0. The normalized spacial score (nSPS) is 18.5. The number of nitrogens with one attached hydrogen (secondary N) is 1. The SMILES string of the molecule is Cc1ncsc1C(=O)N1CCC[C@@H](c2nc3ccccc3[nH]2)C1. The van der Waals surface area contributed by atoms with Gasteiger partial charge in [0.2, 0.25) is 0 Å². The molecule has 118 valence electrons. The maximum Gasteiger partial charge on any atom is 0.265 e. The quantitative estimate of drug-likeness (QED) is 0.785. The van der Waals surface area contributed by atoms with Crippen molar-refractivity contribution in [2.75, 3.05) is 13.1 Å². The summed E-state index contributed by atoms with van der Waals surface area (Å²) >= 11 is 1.43. The molecule has 0 bridgehead atoms. The summed E-state index contributed by atoms with van der Waals surface area (Å²) in [6, 6.07) is 8.06. The molecule has 0 saturated carbocycles. The number of aromatic nitrogens is 3. The van der Waals surface area contributed by atoms with E-state index in [0.29, 0.717) is 0 Å². The molecule has 1 aliphatic rings. The summed E-state index contributed by atoms with van der Waals surface area (Å²) in [7, 11) is 0. The Morgan fingerprint density at radius 2 is 2.26 bits per heavy atom. The largest absolute Gasteiger partial charge is 0.342 e. The van der Waals surface area contributed by atoms with Crippen molar-refractivity contribution in [3.63, 3.8) is 0 Å². The number of aromatic amines is 1. The Morgan fingerprint density at radius 1 is 1.39 bits per heavy atom. The number of aryl methyl sites for hydroxylation is 1. The number of rotatable bonds is 2. The fraction of sp³-hybridized carbons (Fsp3) is 0.353. The third-order valence-electron chi connectivity index (χ3n) is 4.44. The average molecular weight is 326 g/mol. The lowest BCUT2D eigenvalue weighted by atomic mass is 9.97. The van der Waals surface area contributed by atoms with Gasteiger partial charge in [-0.3, -0.25) is 4.79 Å². The molecule has 0 aliphatic carbocycles. The van der Waals surface area contributed by atoms with Gasteiger partial charge in [-0.25, -0.2) is 9.97 Å². The highest BCUT2D eigenvalue weighted by Gasteiger charge is 2.28. The first-order valence-electron chi connectivity index (χ1n) is 7.86. The zero-order chi connectivity index (χ0) is 15.8. The van der Waals surface area contributed by atoms with Crippen LogP contribution in [0.3, 0.4) is 0 Å². The van der Waals surface area contributed by atoms with Gasteiger partial charge in [0.1, 0.15) is 10.7 Å². The van der Waals surface area contributed by atoms with Crippen LogP contribution < -0.4 is 0 Å². The van der Waals surface area contributed by atoms with Crippen molar-refractivity contribution in [2.24, 2.45) is 0 Å². The number of benzene rings is 1. The molecule has 1 atom stereocenters. The Morgan fingerprint density at radius 3 is 3.04 bits per heavy atom. The third kappa shape index (κ3) is 2.63. The van der Waals surface area contributed by atoms with Crippen molar-refractivity contribution in [2.45, 2.75) is 25.7 Å². The molecule has 6 heteroatoms. The van der Waals surface area contributed by atoms with Gasteiger partial charge in [0, 0.05) is 19.0 Å². The third-order valence-corrected chi connectivity index (χ3v) is 5.36. The highest BCUT2D eigenvalue weighted by atomic mass is 32.1. The number of hydrogen-bond acceptors (Lipinski definition) is 4. The molecule has 0 unspecified atom stereocenters. The molecule has 1 fully saturated rings. The molecule has 0 radical (unpaired) electrons. The number of piperidine rings is 1. The first-order valence-corrected chi connectivity index (χ1v) is 8.74. The van der Waals surface area contributed by atoms with Crippen LogP contribution in [0, 0.1) is 6.92 Å². The lowest BCUT2D eigenvalue weighted by Crippen LogP contribution is -2.39. The van der Waals surface area contributed by atoms with E-state index in [2.05, 4.69) is 9.97 Å². The molecule has 3 heterocycles. The van der Waals surface area contributed by atoms with Gasteiger partial charge in [-0.05, 0) is 31.9 Å². The van der Waals surface area contributed by atoms with Gasteiger partial charge in [0.15, 0.2) is 0 Å². The fourth-order valence-electron chi connectivity index (χ4n) is 3.20. The molecule has 4 rings (SSSR count). The molecule has 3 aromatic rings. The second-order valence-electron chi connectivity index (χ2n) is 6.00. The number of hydrogen-bond donors (Lipinski definition) is 1. The molecule has 1 N–H and O–H groups in total. The molecule has 1 aromatic carbocycles. The lowest BCUT2D eigenvalue weighted by molar-refractivity contribution is 0.0709. The number of carbonyl (C=O) groups excluding carboxylic acids is 1. The molecular formula is C17H18N4OS. The molecule has 5 nitrogen and oxygen atoms in total. The fourth-order valence-corrected chi connectivity index (χ4v) is 3.97. The summed E-state index contributed by atoms with van der Waals surface area (Å²) < 4.78 is 0. The van der Waals surface area contributed by atoms with E-state index >= 15 is 0 Å². The van der Waals surface area contributed by atoms with E-state index in [9.17, 15) is 4.79 Å². The standard InChI is InChI=1S/C17H18N4OS/c1-11-15(23-10-18-11)17(22)21-8-4-5-12(9-21)16-19-13-6-2-3-7-14(13)20-16/h2-3,6-7,10,12H,4-5,8-9H2,1H3,(H,19,20)/t12-/m1/s1. The Balaban J connectivity index is 1.57.